The minimum Gasteiger partial charge on any atom is -0.481 e. The van der Waals surface area contributed by atoms with Gasteiger partial charge in [-0.1, -0.05) is 13.8 Å². The Balaban J connectivity index is 0.00000705. The molecular weight excluding hydrogens is 594 g/mol. The molecule has 1 unspecified atom stereocenters. The van der Waals surface area contributed by atoms with Crippen molar-refractivity contribution in [1.82, 2.24) is 9.47 Å². The number of hydrogen-bond donors (Lipinski definition) is 1. The Labute approximate surface area is 272 Å². The zero-order valence-electron chi connectivity index (χ0n) is 27.8. The van der Waals surface area contributed by atoms with Crippen LogP contribution in [0.3, 0.4) is 0 Å². The first-order valence-corrected chi connectivity index (χ1v) is 15.3. The number of carboxylic acids is 1. The van der Waals surface area contributed by atoms with E-state index in [1.165, 1.54) is 16.7 Å². The van der Waals surface area contributed by atoms with Crippen molar-refractivity contribution in [3.63, 3.8) is 0 Å². The first-order valence-electron chi connectivity index (χ1n) is 15.3. The SMILES string of the molecule is Cc1cc(=O)n(C(CCC(C)C)C(=O)C[C@@H](CC(=O)O)c2cc(-c3c(C)cc(F)cc3C)cc(C)c2F)cc1CCN(C)C.S. The Hall–Kier alpha value is -3.30. The van der Waals surface area contributed by atoms with Gasteiger partial charge >= 0.3 is 5.97 Å². The van der Waals surface area contributed by atoms with Crippen LogP contribution >= 0.6 is 13.5 Å². The molecule has 2 atom stereocenters. The molecule has 0 saturated carbocycles. The molecule has 0 amide bonds. The molecule has 1 heterocycles. The number of ketones is 1. The summed E-state index contributed by atoms with van der Waals surface area (Å²) in [5.41, 5.74) is 4.67. The van der Waals surface area contributed by atoms with Gasteiger partial charge in [-0.2, -0.15) is 13.5 Å². The fraction of sp³-hybridized carbons (Fsp3) is 0.472. The van der Waals surface area contributed by atoms with Gasteiger partial charge in [0.2, 0.25) is 0 Å². The maximum atomic E-state index is 15.8. The van der Waals surface area contributed by atoms with Crippen molar-refractivity contribution in [2.75, 3.05) is 20.6 Å². The first-order chi connectivity index (χ1) is 20.6. The van der Waals surface area contributed by atoms with Gasteiger partial charge in [0.05, 0.1) is 12.5 Å². The van der Waals surface area contributed by atoms with Crippen LogP contribution in [0.2, 0.25) is 0 Å². The number of carbonyl (C=O) groups excluding carboxylic acids is 1. The smallest absolute Gasteiger partial charge is 0.303 e. The molecule has 0 aliphatic heterocycles. The van der Waals surface area contributed by atoms with Gasteiger partial charge in [-0.3, -0.25) is 14.4 Å². The van der Waals surface area contributed by atoms with Crippen molar-refractivity contribution in [2.45, 2.75) is 85.6 Å². The number of carboxylic acid groups (broad SMARTS) is 1. The molecule has 246 valence electrons. The number of likely N-dealkylation sites (N-methyl/N-ethyl adjacent to an activating group) is 1. The van der Waals surface area contributed by atoms with Crippen LogP contribution in [0.25, 0.3) is 11.1 Å². The maximum absolute atomic E-state index is 15.8. The van der Waals surface area contributed by atoms with Crippen molar-refractivity contribution in [1.29, 1.82) is 0 Å². The minimum atomic E-state index is -1.16. The van der Waals surface area contributed by atoms with Crippen molar-refractivity contribution in [3.05, 3.63) is 91.9 Å². The van der Waals surface area contributed by atoms with E-state index < -0.39 is 30.2 Å². The fourth-order valence-corrected chi connectivity index (χ4v) is 5.97. The highest BCUT2D eigenvalue weighted by molar-refractivity contribution is 7.59. The molecule has 45 heavy (non-hydrogen) atoms. The summed E-state index contributed by atoms with van der Waals surface area (Å²) in [5.74, 6) is -3.10. The second-order valence-corrected chi connectivity index (χ2v) is 12.8. The van der Waals surface area contributed by atoms with E-state index in [0.29, 0.717) is 41.5 Å². The Morgan fingerprint density at radius 2 is 1.51 bits per heavy atom. The number of halogens is 2. The van der Waals surface area contributed by atoms with E-state index >= 15 is 4.39 Å². The van der Waals surface area contributed by atoms with E-state index in [0.717, 1.165) is 23.2 Å². The van der Waals surface area contributed by atoms with E-state index in [1.807, 2.05) is 39.8 Å². The zero-order valence-corrected chi connectivity index (χ0v) is 28.8. The summed E-state index contributed by atoms with van der Waals surface area (Å²) >= 11 is 0. The standard InChI is InChI=1S/C36H46F2N2O4.H2S/c1-21(2)9-10-31(40-20-26(11-12-39(7)8)22(3)16-33(40)42)32(41)18-27(19-34(43)44)30-17-28(13-25(6)36(30)38)35-23(4)14-29(37)15-24(35)5;/h13-17,20-21,27,31H,9-12,18-19H2,1-8H3,(H,43,44);1H2/t27-,31?;/m0./s1. The number of aliphatic carboxylic acids is 1. The third kappa shape index (κ3) is 9.84. The molecule has 1 aromatic heterocycles. The third-order valence-corrected chi connectivity index (χ3v) is 8.33. The third-order valence-electron chi connectivity index (χ3n) is 8.33. The number of carbonyl (C=O) groups is 2. The molecule has 0 aliphatic rings. The quantitative estimate of drug-likeness (QED) is 0.198. The van der Waals surface area contributed by atoms with Crippen LogP contribution in [-0.4, -0.2) is 47.0 Å². The number of benzene rings is 2. The van der Waals surface area contributed by atoms with Crippen LogP contribution in [0, 0.1) is 45.2 Å². The monoisotopic (exact) mass is 642 g/mol. The van der Waals surface area contributed by atoms with E-state index in [2.05, 4.69) is 0 Å². The van der Waals surface area contributed by atoms with Gasteiger partial charge < -0.3 is 14.6 Å². The topological polar surface area (TPSA) is 79.6 Å². The lowest BCUT2D eigenvalue weighted by Gasteiger charge is -2.25. The van der Waals surface area contributed by atoms with Crippen molar-refractivity contribution < 1.29 is 23.5 Å². The highest BCUT2D eigenvalue weighted by Crippen LogP contribution is 2.36. The normalized spacial score (nSPS) is 12.7. The van der Waals surface area contributed by atoms with Gasteiger partial charge in [0.1, 0.15) is 11.6 Å². The van der Waals surface area contributed by atoms with Crippen molar-refractivity contribution >= 4 is 25.2 Å². The van der Waals surface area contributed by atoms with Crippen LogP contribution in [0.5, 0.6) is 0 Å². The Morgan fingerprint density at radius 3 is 2.07 bits per heavy atom. The lowest BCUT2D eigenvalue weighted by atomic mass is 9.84. The van der Waals surface area contributed by atoms with Gasteiger partial charge in [0.25, 0.3) is 5.56 Å². The minimum absolute atomic E-state index is 0. The van der Waals surface area contributed by atoms with Gasteiger partial charge in [0.15, 0.2) is 5.78 Å². The van der Waals surface area contributed by atoms with Gasteiger partial charge in [-0.05, 0) is 136 Å². The molecule has 0 saturated heterocycles. The molecule has 3 aromatic rings. The number of aryl methyl sites for hydroxylation is 4. The predicted molar refractivity (Wildman–Crippen MR) is 182 cm³/mol. The molecule has 0 spiro atoms. The van der Waals surface area contributed by atoms with Crippen molar-refractivity contribution in [3.8, 4) is 11.1 Å². The number of Topliss-reactive ketones (excluding diaryl/α,β-unsaturated/α-hetero) is 1. The summed E-state index contributed by atoms with van der Waals surface area (Å²) in [4.78, 5) is 41.5. The molecule has 0 aliphatic carbocycles. The average Bonchev–Trinajstić information content (AvgIpc) is 2.89. The Morgan fingerprint density at radius 1 is 0.889 bits per heavy atom. The maximum Gasteiger partial charge on any atom is 0.303 e. The number of aromatic nitrogens is 1. The number of nitrogens with zero attached hydrogens (tertiary/aromatic N) is 2. The number of pyridine rings is 1. The highest BCUT2D eigenvalue weighted by Gasteiger charge is 2.30. The first kappa shape index (κ1) is 37.9. The van der Waals surface area contributed by atoms with Crippen LogP contribution < -0.4 is 5.56 Å². The summed E-state index contributed by atoms with van der Waals surface area (Å²) in [5, 5.41) is 9.84. The van der Waals surface area contributed by atoms with Crippen LogP contribution in [0.15, 0.2) is 41.3 Å². The molecule has 9 heteroatoms. The molecule has 0 radical (unpaired) electrons. The zero-order chi connectivity index (χ0) is 32.9. The second-order valence-electron chi connectivity index (χ2n) is 12.8. The summed E-state index contributed by atoms with van der Waals surface area (Å²) < 4.78 is 31.3. The predicted octanol–water partition coefficient (Wildman–Crippen LogP) is 7.44. The summed E-state index contributed by atoms with van der Waals surface area (Å²) in [6, 6.07) is 6.81. The van der Waals surface area contributed by atoms with Crippen LogP contribution in [-0.2, 0) is 16.0 Å². The largest absolute Gasteiger partial charge is 0.481 e. The molecule has 2 aromatic carbocycles. The van der Waals surface area contributed by atoms with Crippen LogP contribution in [0.1, 0.15) is 84.9 Å². The number of hydrogen-bond acceptors (Lipinski definition) is 4. The Kier molecular flexibility index (Phi) is 13.7. The van der Waals surface area contributed by atoms with Gasteiger partial charge in [-0.15, -0.1) is 0 Å². The van der Waals surface area contributed by atoms with Crippen molar-refractivity contribution in [2.24, 2.45) is 5.92 Å². The molecular formula is C36H48F2N2O4S. The van der Waals surface area contributed by atoms with Gasteiger partial charge in [0, 0.05) is 31.1 Å². The molecule has 0 bridgehead atoms. The lowest BCUT2D eigenvalue weighted by Crippen LogP contribution is -2.32. The summed E-state index contributed by atoms with van der Waals surface area (Å²) in [6.45, 7) is 11.9. The average molecular weight is 643 g/mol. The van der Waals surface area contributed by atoms with E-state index in [4.69, 9.17) is 0 Å². The molecule has 1 N–H and O–H groups in total. The summed E-state index contributed by atoms with van der Waals surface area (Å²) in [6.07, 6.45) is 2.85. The lowest BCUT2D eigenvalue weighted by molar-refractivity contribution is -0.137. The fourth-order valence-electron chi connectivity index (χ4n) is 5.97. The van der Waals surface area contributed by atoms with E-state index in [1.54, 1.807) is 45.2 Å². The van der Waals surface area contributed by atoms with Crippen LogP contribution in [0.4, 0.5) is 8.78 Å². The summed E-state index contributed by atoms with van der Waals surface area (Å²) in [7, 11) is 3.94. The number of rotatable bonds is 14. The molecule has 3 rings (SSSR count). The Bertz CT molecular complexity index is 1560. The van der Waals surface area contributed by atoms with Gasteiger partial charge in [-0.25, -0.2) is 8.78 Å². The molecule has 6 nitrogen and oxygen atoms in total. The second kappa shape index (κ2) is 16.3. The van der Waals surface area contributed by atoms with E-state index in [-0.39, 0.29) is 48.6 Å². The molecule has 0 fully saturated rings. The van der Waals surface area contributed by atoms with E-state index in [9.17, 15) is 23.9 Å². The highest BCUT2D eigenvalue weighted by atomic mass is 32.1.